The van der Waals surface area contributed by atoms with E-state index in [1.807, 2.05) is 30.3 Å². The maximum absolute atomic E-state index is 13.0. The van der Waals surface area contributed by atoms with Crippen LogP contribution in [0, 0.1) is 12.7 Å². The molecule has 0 aliphatic heterocycles. The number of nitrogens with one attached hydrogen (secondary N) is 1. The van der Waals surface area contributed by atoms with Crippen molar-refractivity contribution in [3.8, 4) is 0 Å². The maximum atomic E-state index is 13.0. The zero-order valence-electron chi connectivity index (χ0n) is 9.52. The number of halogens is 1. The van der Waals surface area contributed by atoms with Crippen LogP contribution >= 0.6 is 0 Å². The Morgan fingerprint density at radius 3 is 2.59 bits per heavy atom. The van der Waals surface area contributed by atoms with Crippen molar-refractivity contribution in [3.63, 3.8) is 0 Å². The topological polar surface area (TPSA) is 24.4 Å². The largest absolute Gasteiger partial charge is 0.279 e. The summed E-state index contributed by atoms with van der Waals surface area (Å²) >= 11 is 0. The molecule has 0 aliphatic carbocycles. The molecule has 0 amide bonds. The van der Waals surface area contributed by atoms with Crippen molar-refractivity contribution < 1.29 is 4.39 Å². The van der Waals surface area contributed by atoms with Crippen molar-refractivity contribution in [2.75, 3.05) is 5.43 Å². The van der Waals surface area contributed by atoms with E-state index in [4.69, 9.17) is 0 Å². The second-order valence-corrected chi connectivity index (χ2v) is 3.74. The third-order valence-electron chi connectivity index (χ3n) is 2.36. The Morgan fingerprint density at radius 2 is 1.88 bits per heavy atom. The van der Waals surface area contributed by atoms with Crippen molar-refractivity contribution in [1.82, 2.24) is 0 Å². The van der Waals surface area contributed by atoms with Crippen LogP contribution in [0.1, 0.15) is 11.1 Å². The van der Waals surface area contributed by atoms with Crippen LogP contribution in [0.3, 0.4) is 0 Å². The molecule has 3 heteroatoms. The van der Waals surface area contributed by atoms with Gasteiger partial charge in [-0.1, -0.05) is 24.3 Å². The van der Waals surface area contributed by atoms with E-state index in [1.165, 1.54) is 6.07 Å². The van der Waals surface area contributed by atoms with Crippen LogP contribution < -0.4 is 5.43 Å². The summed E-state index contributed by atoms with van der Waals surface area (Å²) in [4.78, 5) is 0. The lowest BCUT2D eigenvalue weighted by molar-refractivity contribution is 0.618. The molecule has 2 nitrogen and oxygen atoms in total. The number of hydrazone groups is 1. The number of hydrogen-bond acceptors (Lipinski definition) is 2. The van der Waals surface area contributed by atoms with E-state index in [0.29, 0.717) is 5.56 Å². The Hall–Kier alpha value is -2.16. The van der Waals surface area contributed by atoms with E-state index in [0.717, 1.165) is 11.3 Å². The second-order valence-electron chi connectivity index (χ2n) is 3.74. The first-order valence-corrected chi connectivity index (χ1v) is 5.36. The van der Waals surface area contributed by atoms with Crippen LogP contribution in [0.15, 0.2) is 53.6 Å². The predicted molar refractivity (Wildman–Crippen MR) is 68.8 cm³/mol. The number of benzene rings is 2. The zero-order valence-corrected chi connectivity index (χ0v) is 9.52. The lowest BCUT2D eigenvalue weighted by atomic mass is 10.1. The molecule has 0 bridgehead atoms. The number of hydrogen-bond donors (Lipinski definition) is 1. The number of nitrogens with zero attached hydrogens (tertiary/aromatic N) is 1. The first-order valence-electron chi connectivity index (χ1n) is 5.36. The van der Waals surface area contributed by atoms with Crippen molar-refractivity contribution in [2.45, 2.75) is 6.92 Å². The summed E-state index contributed by atoms with van der Waals surface area (Å²) in [5.74, 6) is -0.196. The molecule has 0 saturated carbocycles. The van der Waals surface area contributed by atoms with Gasteiger partial charge in [-0.05, 0) is 42.3 Å². The molecule has 0 fully saturated rings. The van der Waals surface area contributed by atoms with E-state index >= 15 is 0 Å². The highest BCUT2D eigenvalue weighted by atomic mass is 19.1. The number of para-hydroxylation sites is 1. The smallest absolute Gasteiger partial charge is 0.126 e. The third kappa shape index (κ3) is 3.14. The Balaban J connectivity index is 2.03. The van der Waals surface area contributed by atoms with E-state index in [-0.39, 0.29) is 5.82 Å². The molecule has 17 heavy (non-hydrogen) atoms. The van der Waals surface area contributed by atoms with Crippen molar-refractivity contribution in [2.24, 2.45) is 5.10 Å². The summed E-state index contributed by atoms with van der Waals surface area (Å²) in [6, 6.07) is 14.5. The molecule has 2 aromatic rings. The van der Waals surface area contributed by atoms with E-state index in [2.05, 4.69) is 10.5 Å². The van der Waals surface area contributed by atoms with Crippen LogP contribution in [0.2, 0.25) is 0 Å². The average Bonchev–Trinajstić information content (AvgIpc) is 2.35. The summed E-state index contributed by atoms with van der Waals surface area (Å²) in [7, 11) is 0. The highest BCUT2D eigenvalue weighted by Crippen LogP contribution is 2.08. The Morgan fingerprint density at radius 1 is 1.12 bits per heavy atom. The van der Waals surface area contributed by atoms with E-state index < -0.39 is 0 Å². The van der Waals surface area contributed by atoms with Gasteiger partial charge >= 0.3 is 0 Å². The van der Waals surface area contributed by atoms with Crippen LogP contribution in [-0.4, -0.2) is 6.21 Å². The van der Waals surface area contributed by atoms with Crippen LogP contribution in [0.5, 0.6) is 0 Å². The fourth-order valence-electron chi connectivity index (χ4n) is 1.44. The molecule has 0 unspecified atom stereocenters. The van der Waals surface area contributed by atoms with Gasteiger partial charge in [0.2, 0.25) is 0 Å². The van der Waals surface area contributed by atoms with Gasteiger partial charge in [0.05, 0.1) is 11.9 Å². The maximum Gasteiger partial charge on any atom is 0.126 e. The second kappa shape index (κ2) is 5.25. The van der Waals surface area contributed by atoms with Gasteiger partial charge in [0.15, 0.2) is 0 Å². The lowest BCUT2D eigenvalue weighted by Crippen LogP contribution is -1.91. The first-order chi connectivity index (χ1) is 8.25. The van der Waals surface area contributed by atoms with Gasteiger partial charge in [0, 0.05) is 0 Å². The molecule has 2 aromatic carbocycles. The summed E-state index contributed by atoms with van der Waals surface area (Å²) in [6.45, 7) is 1.73. The number of anilines is 1. The lowest BCUT2D eigenvalue weighted by Gasteiger charge is -2.00. The van der Waals surface area contributed by atoms with Crippen LogP contribution in [0.4, 0.5) is 10.1 Å². The highest BCUT2D eigenvalue weighted by Gasteiger charge is 1.96. The van der Waals surface area contributed by atoms with Gasteiger partial charge in [-0.3, -0.25) is 5.43 Å². The summed E-state index contributed by atoms with van der Waals surface area (Å²) < 4.78 is 13.0. The molecule has 0 saturated heterocycles. The van der Waals surface area contributed by atoms with Gasteiger partial charge in [0.25, 0.3) is 0 Å². The SMILES string of the molecule is Cc1cc(C=NNc2ccccc2)ccc1F. The van der Waals surface area contributed by atoms with Gasteiger partial charge in [-0.2, -0.15) is 5.10 Å². The highest BCUT2D eigenvalue weighted by molar-refractivity contribution is 5.80. The van der Waals surface area contributed by atoms with Crippen LogP contribution in [0.25, 0.3) is 0 Å². The molecule has 0 heterocycles. The fourth-order valence-corrected chi connectivity index (χ4v) is 1.44. The Bertz CT molecular complexity index is 521. The van der Waals surface area contributed by atoms with Gasteiger partial charge in [-0.25, -0.2) is 4.39 Å². The summed E-state index contributed by atoms with van der Waals surface area (Å²) in [6.07, 6.45) is 1.67. The predicted octanol–water partition coefficient (Wildman–Crippen LogP) is 3.58. The van der Waals surface area contributed by atoms with Gasteiger partial charge < -0.3 is 0 Å². The molecule has 0 aliphatic rings. The monoisotopic (exact) mass is 228 g/mol. The fraction of sp³-hybridized carbons (Fsp3) is 0.0714. The summed E-state index contributed by atoms with van der Waals surface area (Å²) in [5, 5.41) is 4.09. The van der Waals surface area contributed by atoms with Crippen molar-refractivity contribution in [3.05, 3.63) is 65.5 Å². The standard InChI is InChI=1S/C14H13FN2/c1-11-9-12(7-8-14(11)15)10-16-17-13-5-3-2-4-6-13/h2-10,17H,1H3. The van der Waals surface area contributed by atoms with Crippen molar-refractivity contribution in [1.29, 1.82) is 0 Å². The molecule has 2 rings (SSSR count). The molecule has 0 spiro atoms. The Labute approximate surface area is 99.8 Å². The first kappa shape index (κ1) is 11.3. The summed E-state index contributed by atoms with van der Waals surface area (Å²) in [5.41, 5.74) is 5.31. The molecule has 86 valence electrons. The molecule has 0 atom stereocenters. The zero-order chi connectivity index (χ0) is 12.1. The quantitative estimate of drug-likeness (QED) is 0.630. The minimum Gasteiger partial charge on any atom is -0.279 e. The molecule has 1 N–H and O–H groups in total. The molecule has 0 radical (unpaired) electrons. The number of aryl methyl sites for hydroxylation is 1. The average molecular weight is 228 g/mol. The van der Waals surface area contributed by atoms with Gasteiger partial charge in [0.1, 0.15) is 5.82 Å². The minimum atomic E-state index is -0.196. The Kier molecular flexibility index (Phi) is 3.50. The number of rotatable bonds is 3. The van der Waals surface area contributed by atoms with Crippen molar-refractivity contribution >= 4 is 11.9 Å². The van der Waals surface area contributed by atoms with E-state index in [9.17, 15) is 4.39 Å². The molecular formula is C14H13FN2. The van der Waals surface area contributed by atoms with E-state index in [1.54, 1.807) is 25.3 Å². The third-order valence-corrected chi connectivity index (χ3v) is 2.36. The normalized spacial score (nSPS) is 10.7. The van der Waals surface area contributed by atoms with Crippen LogP contribution in [-0.2, 0) is 0 Å². The minimum absolute atomic E-state index is 0.196. The molecular weight excluding hydrogens is 215 g/mol. The molecule has 0 aromatic heterocycles. The van der Waals surface area contributed by atoms with Gasteiger partial charge in [-0.15, -0.1) is 0 Å².